The number of benzene rings is 2. The second-order valence-electron chi connectivity index (χ2n) is 6.95. The summed E-state index contributed by atoms with van der Waals surface area (Å²) < 4.78 is 38.7. The molecule has 0 saturated carbocycles. The van der Waals surface area contributed by atoms with Gasteiger partial charge in [0.15, 0.2) is 0 Å². The van der Waals surface area contributed by atoms with Gasteiger partial charge in [-0.05, 0) is 48.2 Å². The fourth-order valence-electron chi connectivity index (χ4n) is 3.58. The van der Waals surface area contributed by atoms with Crippen molar-refractivity contribution in [3.05, 3.63) is 71.0 Å². The molecular formula is C23H24F3N3O. The average Bonchev–Trinajstić information content (AvgIpc) is 3.10. The summed E-state index contributed by atoms with van der Waals surface area (Å²) in [5.41, 5.74) is 3.99. The molecule has 1 heterocycles. The van der Waals surface area contributed by atoms with Gasteiger partial charge in [0, 0.05) is 23.7 Å². The van der Waals surface area contributed by atoms with E-state index in [1.807, 2.05) is 32.0 Å². The summed E-state index contributed by atoms with van der Waals surface area (Å²) in [7, 11) is 0. The van der Waals surface area contributed by atoms with E-state index in [-0.39, 0.29) is 6.10 Å². The Bertz CT molecular complexity index is 1030. The van der Waals surface area contributed by atoms with Crippen LogP contribution in [0.3, 0.4) is 0 Å². The molecule has 1 aromatic heterocycles. The van der Waals surface area contributed by atoms with Gasteiger partial charge in [0.2, 0.25) is 0 Å². The van der Waals surface area contributed by atoms with Crippen LogP contribution in [-0.2, 0) is 19.0 Å². The third-order valence-electron chi connectivity index (χ3n) is 4.93. The molecule has 1 aliphatic carbocycles. The lowest BCUT2D eigenvalue weighted by molar-refractivity contribution is -0.137. The zero-order chi connectivity index (χ0) is 21.9. The molecule has 0 spiro atoms. The fourth-order valence-corrected chi connectivity index (χ4v) is 3.58. The van der Waals surface area contributed by atoms with E-state index in [0.29, 0.717) is 35.5 Å². The molecule has 4 rings (SSSR count). The highest BCUT2D eigenvalue weighted by Crippen LogP contribution is 2.34. The van der Waals surface area contributed by atoms with Crippen molar-refractivity contribution in [1.82, 2.24) is 9.97 Å². The van der Waals surface area contributed by atoms with E-state index in [9.17, 15) is 18.3 Å². The molecule has 1 atom stereocenters. The zero-order valence-corrected chi connectivity index (χ0v) is 17.1. The molecule has 0 amide bonds. The van der Waals surface area contributed by atoms with Gasteiger partial charge in [0.05, 0.1) is 17.4 Å². The molecule has 0 fully saturated rings. The molecule has 1 aliphatic rings. The van der Waals surface area contributed by atoms with Crippen LogP contribution < -0.4 is 5.32 Å². The van der Waals surface area contributed by atoms with Crippen molar-refractivity contribution in [1.29, 1.82) is 0 Å². The standard InChI is InChI=1S/C21H18F3N3O.C2H6/c1-12-7-14(21(22,23)24)5-6-16(12)19-10-20(26-11-25-19)27-18-4-2-3-13-8-15(28)9-17(13)18;1-2/h2-7,10-11,15,28H,8-9H2,1H3,(H,25,26,27);1-2H3. The second kappa shape index (κ2) is 8.83. The van der Waals surface area contributed by atoms with Gasteiger partial charge in [-0.25, -0.2) is 9.97 Å². The minimum Gasteiger partial charge on any atom is -0.392 e. The summed E-state index contributed by atoms with van der Waals surface area (Å²) in [5, 5.41) is 13.2. The third-order valence-corrected chi connectivity index (χ3v) is 4.93. The molecule has 0 bridgehead atoms. The molecule has 2 aromatic carbocycles. The Morgan fingerprint density at radius 1 is 1.03 bits per heavy atom. The maximum Gasteiger partial charge on any atom is 0.416 e. The molecule has 158 valence electrons. The van der Waals surface area contributed by atoms with Gasteiger partial charge in [0.25, 0.3) is 0 Å². The van der Waals surface area contributed by atoms with Crippen LogP contribution in [0.5, 0.6) is 0 Å². The SMILES string of the molecule is CC.Cc1cc(C(F)(F)F)ccc1-c1cc(Nc2cccc3c2CC(O)C3)ncn1. The Morgan fingerprint density at radius 2 is 1.80 bits per heavy atom. The largest absolute Gasteiger partial charge is 0.416 e. The van der Waals surface area contributed by atoms with Crippen molar-refractivity contribution in [2.24, 2.45) is 0 Å². The summed E-state index contributed by atoms with van der Waals surface area (Å²) in [5.74, 6) is 0.541. The second-order valence-corrected chi connectivity index (χ2v) is 6.95. The lowest BCUT2D eigenvalue weighted by Crippen LogP contribution is -2.05. The van der Waals surface area contributed by atoms with E-state index in [2.05, 4.69) is 15.3 Å². The highest BCUT2D eigenvalue weighted by Gasteiger charge is 2.30. The number of aliphatic hydroxyl groups is 1. The van der Waals surface area contributed by atoms with E-state index in [4.69, 9.17) is 0 Å². The Balaban J connectivity index is 0.00000124. The normalized spacial score (nSPS) is 15.2. The highest BCUT2D eigenvalue weighted by atomic mass is 19.4. The summed E-state index contributed by atoms with van der Waals surface area (Å²) >= 11 is 0. The lowest BCUT2D eigenvalue weighted by Gasteiger charge is -2.13. The van der Waals surface area contributed by atoms with Gasteiger partial charge in [-0.3, -0.25) is 0 Å². The van der Waals surface area contributed by atoms with Crippen LogP contribution in [0.25, 0.3) is 11.3 Å². The Kier molecular flexibility index (Phi) is 6.41. The van der Waals surface area contributed by atoms with Crippen LogP contribution in [0.1, 0.15) is 36.1 Å². The smallest absolute Gasteiger partial charge is 0.392 e. The number of aliphatic hydroxyl groups excluding tert-OH is 1. The van der Waals surface area contributed by atoms with Gasteiger partial charge in [-0.2, -0.15) is 13.2 Å². The molecule has 0 saturated heterocycles. The number of alkyl halides is 3. The van der Waals surface area contributed by atoms with Gasteiger partial charge in [0.1, 0.15) is 12.1 Å². The fraction of sp³-hybridized carbons (Fsp3) is 0.304. The first-order chi connectivity index (χ1) is 14.3. The molecule has 3 aromatic rings. The van der Waals surface area contributed by atoms with Gasteiger partial charge in [-0.1, -0.05) is 32.0 Å². The Labute approximate surface area is 173 Å². The van der Waals surface area contributed by atoms with Crippen molar-refractivity contribution in [2.75, 3.05) is 5.32 Å². The van der Waals surface area contributed by atoms with E-state index < -0.39 is 11.7 Å². The van der Waals surface area contributed by atoms with Crippen molar-refractivity contribution in [3.8, 4) is 11.3 Å². The van der Waals surface area contributed by atoms with Crippen LogP contribution >= 0.6 is 0 Å². The number of fused-ring (bicyclic) bond motifs is 1. The molecule has 7 heteroatoms. The first-order valence-electron chi connectivity index (χ1n) is 9.87. The minimum atomic E-state index is -4.38. The summed E-state index contributed by atoms with van der Waals surface area (Å²) in [6, 6.07) is 11.2. The number of nitrogens with one attached hydrogen (secondary N) is 1. The highest BCUT2D eigenvalue weighted by molar-refractivity contribution is 5.70. The third kappa shape index (κ3) is 4.62. The molecule has 1 unspecified atom stereocenters. The summed E-state index contributed by atoms with van der Waals surface area (Å²) in [6.45, 7) is 5.63. The van der Waals surface area contributed by atoms with Gasteiger partial charge >= 0.3 is 6.18 Å². The first-order valence-corrected chi connectivity index (χ1v) is 9.87. The maximum atomic E-state index is 12.9. The molecule has 30 heavy (non-hydrogen) atoms. The number of aromatic nitrogens is 2. The number of anilines is 2. The molecular weight excluding hydrogens is 391 g/mol. The van der Waals surface area contributed by atoms with Gasteiger partial charge in [-0.15, -0.1) is 0 Å². The Hall–Kier alpha value is -2.93. The number of hydrogen-bond donors (Lipinski definition) is 2. The number of halogens is 3. The predicted molar refractivity (Wildman–Crippen MR) is 112 cm³/mol. The quantitative estimate of drug-likeness (QED) is 0.576. The topological polar surface area (TPSA) is 58.0 Å². The molecule has 2 N–H and O–H groups in total. The minimum absolute atomic E-state index is 0.381. The number of nitrogens with zero attached hydrogens (tertiary/aromatic N) is 2. The lowest BCUT2D eigenvalue weighted by atomic mass is 10.0. The van der Waals surface area contributed by atoms with Crippen LogP contribution in [0.2, 0.25) is 0 Å². The van der Waals surface area contributed by atoms with E-state index >= 15 is 0 Å². The van der Waals surface area contributed by atoms with E-state index in [0.717, 1.165) is 28.9 Å². The number of rotatable bonds is 3. The molecule has 0 radical (unpaired) electrons. The van der Waals surface area contributed by atoms with Crippen molar-refractivity contribution < 1.29 is 18.3 Å². The predicted octanol–water partition coefficient (Wildman–Crippen LogP) is 5.70. The van der Waals surface area contributed by atoms with E-state index in [1.54, 1.807) is 13.0 Å². The summed E-state index contributed by atoms with van der Waals surface area (Å²) in [4.78, 5) is 8.44. The van der Waals surface area contributed by atoms with Crippen LogP contribution in [0.15, 0.2) is 48.8 Å². The maximum absolute atomic E-state index is 12.9. The first kappa shape index (κ1) is 21.8. The monoisotopic (exact) mass is 415 g/mol. The van der Waals surface area contributed by atoms with Gasteiger partial charge < -0.3 is 10.4 Å². The summed E-state index contributed by atoms with van der Waals surface area (Å²) in [6.07, 6.45) is -2.17. The van der Waals surface area contributed by atoms with Crippen molar-refractivity contribution in [3.63, 3.8) is 0 Å². The van der Waals surface area contributed by atoms with Crippen LogP contribution in [0.4, 0.5) is 24.7 Å². The molecule has 0 aliphatic heterocycles. The van der Waals surface area contributed by atoms with E-state index in [1.165, 1.54) is 12.4 Å². The van der Waals surface area contributed by atoms with Crippen LogP contribution in [-0.4, -0.2) is 21.2 Å². The number of hydrogen-bond acceptors (Lipinski definition) is 4. The van der Waals surface area contributed by atoms with Crippen LogP contribution in [0, 0.1) is 6.92 Å². The average molecular weight is 415 g/mol. The molecule has 4 nitrogen and oxygen atoms in total. The number of aryl methyl sites for hydroxylation is 1. The zero-order valence-electron chi connectivity index (χ0n) is 17.1. The Morgan fingerprint density at radius 3 is 2.50 bits per heavy atom. The van der Waals surface area contributed by atoms with Crippen molar-refractivity contribution >= 4 is 11.5 Å². The van der Waals surface area contributed by atoms with Crippen molar-refractivity contribution in [2.45, 2.75) is 45.9 Å².